The second-order valence-electron chi connectivity index (χ2n) is 4.85. The molecule has 0 aliphatic rings. The first-order valence-electron chi connectivity index (χ1n) is 6.92. The van der Waals surface area contributed by atoms with Crippen molar-refractivity contribution in [2.45, 2.75) is 6.54 Å². The van der Waals surface area contributed by atoms with Crippen molar-refractivity contribution in [2.24, 2.45) is 0 Å². The Bertz CT molecular complexity index is 847. The molecular weight excluding hydrogens is 278 g/mol. The SMILES string of the molecule is c1ccc2oc(NCc3ccc(-n4cncn4)cc3)nc2c1. The standard InChI is InChI=1S/C16H13N5O/c1-2-4-15-14(3-1)20-16(22-15)18-9-12-5-7-13(8-6-12)21-11-17-10-19-21/h1-8,10-11H,9H2,(H,18,20). The number of rotatable bonds is 4. The first-order valence-corrected chi connectivity index (χ1v) is 6.92. The highest BCUT2D eigenvalue weighted by atomic mass is 16.4. The molecule has 0 unspecified atom stereocenters. The molecule has 6 nitrogen and oxygen atoms in total. The monoisotopic (exact) mass is 291 g/mol. The molecule has 2 aromatic heterocycles. The van der Waals surface area contributed by atoms with Gasteiger partial charge < -0.3 is 9.73 Å². The Morgan fingerprint density at radius 1 is 1.05 bits per heavy atom. The summed E-state index contributed by atoms with van der Waals surface area (Å²) in [6.45, 7) is 0.643. The van der Waals surface area contributed by atoms with Crippen LogP contribution in [-0.2, 0) is 6.54 Å². The Labute approximate surface area is 126 Å². The van der Waals surface area contributed by atoms with Crippen LogP contribution in [0.3, 0.4) is 0 Å². The number of anilines is 1. The molecule has 0 saturated heterocycles. The van der Waals surface area contributed by atoms with Gasteiger partial charge in [-0.1, -0.05) is 24.3 Å². The molecule has 0 amide bonds. The van der Waals surface area contributed by atoms with E-state index in [0.717, 1.165) is 22.4 Å². The van der Waals surface area contributed by atoms with Crippen LogP contribution in [0.4, 0.5) is 6.01 Å². The van der Waals surface area contributed by atoms with E-state index in [0.29, 0.717) is 12.6 Å². The highest BCUT2D eigenvalue weighted by Crippen LogP contribution is 2.18. The molecule has 2 heterocycles. The number of hydrogen-bond acceptors (Lipinski definition) is 5. The third-order valence-corrected chi connectivity index (χ3v) is 3.36. The molecule has 0 atom stereocenters. The number of oxazole rings is 1. The van der Waals surface area contributed by atoms with Gasteiger partial charge in [0.05, 0.1) is 5.69 Å². The predicted molar refractivity (Wildman–Crippen MR) is 82.7 cm³/mol. The quantitative estimate of drug-likeness (QED) is 0.626. The van der Waals surface area contributed by atoms with Crippen LogP contribution in [0.1, 0.15) is 5.56 Å². The fraction of sp³-hybridized carbons (Fsp3) is 0.0625. The second kappa shape index (κ2) is 5.33. The fourth-order valence-corrected chi connectivity index (χ4v) is 2.23. The van der Waals surface area contributed by atoms with Crippen molar-refractivity contribution >= 4 is 17.1 Å². The van der Waals surface area contributed by atoms with Crippen molar-refractivity contribution in [3.8, 4) is 5.69 Å². The minimum Gasteiger partial charge on any atom is -0.424 e. The Morgan fingerprint density at radius 2 is 1.91 bits per heavy atom. The van der Waals surface area contributed by atoms with Crippen molar-refractivity contribution in [1.29, 1.82) is 0 Å². The number of benzene rings is 2. The third kappa shape index (κ3) is 2.42. The van der Waals surface area contributed by atoms with E-state index < -0.39 is 0 Å². The normalized spacial score (nSPS) is 10.9. The van der Waals surface area contributed by atoms with Gasteiger partial charge in [-0.05, 0) is 29.8 Å². The maximum atomic E-state index is 5.63. The van der Waals surface area contributed by atoms with E-state index in [1.807, 2.05) is 48.5 Å². The maximum Gasteiger partial charge on any atom is 0.295 e. The highest BCUT2D eigenvalue weighted by Gasteiger charge is 2.04. The number of para-hydroxylation sites is 2. The molecule has 6 heteroatoms. The topological polar surface area (TPSA) is 68.8 Å². The van der Waals surface area contributed by atoms with E-state index in [-0.39, 0.29) is 0 Å². The van der Waals surface area contributed by atoms with Crippen LogP contribution in [0.25, 0.3) is 16.8 Å². The molecule has 2 aromatic carbocycles. The van der Waals surface area contributed by atoms with Crippen molar-refractivity contribution in [3.05, 3.63) is 66.7 Å². The highest BCUT2D eigenvalue weighted by molar-refractivity contribution is 5.74. The van der Waals surface area contributed by atoms with Crippen LogP contribution in [0.2, 0.25) is 0 Å². The van der Waals surface area contributed by atoms with E-state index >= 15 is 0 Å². The summed E-state index contributed by atoms with van der Waals surface area (Å²) in [4.78, 5) is 8.32. The van der Waals surface area contributed by atoms with Gasteiger partial charge in [-0.3, -0.25) is 0 Å². The average molecular weight is 291 g/mol. The van der Waals surface area contributed by atoms with E-state index in [2.05, 4.69) is 20.4 Å². The van der Waals surface area contributed by atoms with E-state index in [4.69, 9.17) is 4.42 Å². The van der Waals surface area contributed by atoms with Gasteiger partial charge in [0.1, 0.15) is 18.2 Å². The van der Waals surface area contributed by atoms with Crippen molar-refractivity contribution < 1.29 is 4.42 Å². The molecule has 0 saturated carbocycles. The molecule has 0 radical (unpaired) electrons. The Balaban J connectivity index is 1.47. The molecule has 0 spiro atoms. The summed E-state index contributed by atoms with van der Waals surface area (Å²) in [5.41, 5.74) is 3.74. The van der Waals surface area contributed by atoms with Crippen molar-refractivity contribution in [2.75, 3.05) is 5.32 Å². The predicted octanol–water partition coefficient (Wildman–Crippen LogP) is 3.02. The molecular formula is C16H13N5O. The Morgan fingerprint density at radius 3 is 2.68 bits per heavy atom. The maximum absolute atomic E-state index is 5.63. The van der Waals surface area contributed by atoms with Crippen LogP contribution in [0.5, 0.6) is 0 Å². The minimum absolute atomic E-state index is 0.529. The summed E-state index contributed by atoms with van der Waals surface area (Å²) in [5.74, 6) is 0. The summed E-state index contributed by atoms with van der Waals surface area (Å²) in [6, 6.07) is 16.3. The summed E-state index contributed by atoms with van der Waals surface area (Å²) in [7, 11) is 0. The van der Waals surface area contributed by atoms with Gasteiger partial charge in [0.2, 0.25) is 0 Å². The van der Waals surface area contributed by atoms with E-state index in [9.17, 15) is 0 Å². The van der Waals surface area contributed by atoms with Gasteiger partial charge in [-0.15, -0.1) is 0 Å². The largest absolute Gasteiger partial charge is 0.424 e. The van der Waals surface area contributed by atoms with E-state index in [1.165, 1.54) is 6.33 Å². The molecule has 1 N–H and O–H groups in total. The number of nitrogens with one attached hydrogen (secondary N) is 1. The Kier molecular flexibility index (Phi) is 3.05. The Hall–Kier alpha value is -3.15. The van der Waals surface area contributed by atoms with Gasteiger partial charge >= 0.3 is 0 Å². The summed E-state index contributed by atoms with van der Waals surface area (Å²) >= 11 is 0. The summed E-state index contributed by atoms with van der Waals surface area (Å²) in [5, 5.41) is 7.29. The zero-order chi connectivity index (χ0) is 14.8. The molecule has 0 aliphatic carbocycles. The number of aromatic nitrogens is 4. The summed E-state index contributed by atoms with van der Waals surface area (Å²) in [6.07, 6.45) is 3.19. The number of hydrogen-bond donors (Lipinski definition) is 1. The number of fused-ring (bicyclic) bond motifs is 1. The first kappa shape index (κ1) is 12.6. The van der Waals surface area contributed by atoms with E-state index in [1.54, 1.807) is 11.0 Å². The lowest BCUT2D eigenvalue weighted by Crippen LogP contribution is -2.00. The van der Waals surface area contributed by atoms with Crippen LogP contribution in [0, 0.1) is 0 Å². The van der Waals surface area contributed by atoms with Gasteiger partial charge in [0.15, 0.2) is 5.58 Å². The smallest absolute Gasteiger partial charge is 0.295 e. The lowest BCUT2D eigenvalue weighted by atomic mass is 10.2. The zero-order valence-corrected chi connectivity index (χ0v) is 11.7. The van der Waals surface area contributed by atoms with Crippen molar-refractivity contribution in [1.82, 2.24) is 19.7 Å². The first-order chi connectivity index (χ1) is 10.9. The molecule has 4 aromatic rings. The summed E-state index contributed by atoms with van der Waals surface area (Å²) < 4.78 is 7.35. The molecule has 0 fully saturated rings. The molecule has 4 rings (SSSR count). The van der Waals surface area contributed by atoms with Crippen LogP contribution in [-0.4, -0.2) is 19.7 Å². The van der Waals surface area contributed by atoms with Crippen LogP contribution < -0.4 is 5.32 Å². The second-order valence-corrected chi connectivity index (χ2v) is 4.85. The third-order valence-electron chi connectivity index (χ3n) is 3.36. The molecule has 0 bridgehead atoms. The fourth-order valence-electron chi connectivity index (χ4n) is 2.23. The lowest BCUT2D eigenvalue weighted by molar-refractivity contribution is 0.614. The van der Waals surface area contributed by atoms with Crippen LogP contribution >= 0.6 is 0 Å². The molecule has 0 aliphatic heterocycles. The van der Waals surface area contributed by atoms with Crippen LogP contribution in [0.15, 0.2) is 65.6 Å². The van der Waals surface area contributed by atoms with Gasteiger partial charge in [0, 0.05) is 6.54 Å². The van der Waals surface area contributed by atoms with Gasteiger partial charge in [0.25, 0.3) is 6.01 Å². The average Bonchev–Trinajstić information content (AvgIpc) is 3.22. The molecule has 22 heavy (non-hydrogen) atoms. The lowest BCUT2D eigenvalue weighted by Gasteiger charge is -2.04. The zero-order valence-electron chi connectivity index (χ0n) is 11.7. The van der Waals surface area contributed by atoms with Crippen molar-refractivity contribution in [3.63, 3.8) is 0 Å². The van der Waals surface area contributed by atoms with Gasteiger partial charge in [-0.25, -0.2) is 9.67 Å². The number of nitrogens with zero attached hydrogens (tertiary/aromatic N) is 4. The molecule has 108 valence electrons. The van der Waals surface area contributed by atoms with Gasteiger partial charge in [-0.2, -0.15) is 10.1 Å². The minimum atomic E-state index is 0.529.